The molecule has 3 fully saturated rings. The first kappa shape index (κ1) is 16.8. The molecule has 1 saturated heterocycles. The van der Waals surface area contributed by atoms with Crippen molar-refractivity contribution in [2.24, 2.45) is 0 Å². The van der Waals surface area contributed by atoms with E-state index in [1.165, 1.54) is 81.3 Å². The highest BCUT2D eigenvalue weighted by Crippen LogP contribution is 2.50. The average molecular weight is 356 g/mol. The number of rotatable bonds is 1. The topological polar surface area (TPSA) is 67.1 Å². The Balaban J connectivity index is 1.59. The van der Waals surface area contributed by atoms with Crippen molar-refractivity contribution in [3.63, 3.8) is 0 Å². The van der Waals surface area contributed by atoms with Crippen LogP contribution in [0, 0.1) is 0 Å². The van der Waals surface area contributed by atoms with E-state index < -0.39 is 0 Å². The Morgan fingerprint density at radius 3 is 2.65 bits per heavy atom. The highest BCUT2D eigenvalue weighted by atomic mass is 15.3. The van der Waals surface area contributed by atoms with Gasteiger partial charge >= 0.3 is 0 Å². The SMILES string of the molecule is CC1CN(c2nc(N)nc3c2CCCC32CCCC2)C2CCCCC2N1. The minimum absolute atomic E-state index is 0.297. The van der Waals surface area contributed by atoms with Crippen molar-refractivity contribution in [2.75, 3.05) is 17.2 Å². The summed E-state index contributed by atoms with van der Waals surface area (Å²) >= 11 is 0. The Morgan fingerprint density at radius 1 is 1.04 bits per heavy atom. The van der Waals surface area contributed by atoms with Crippen LogP contribution in [0.3, 0.4) is 0 Å². The minimum atomic E-state index is 0.297. The zero-order chi connectivity index (χ0) is 17.7. The van der Waals surface area contributed by atoms with Gasteiger partial charge in [-0.25, -0.2) is 4.98 Å². The van der Waals surface area contributed by atoms with E-state index >= 15 is 0 Å². The molecule has 2 heterocycles. The quantitative estimate of drug-likeness (QED) is 0.809. The maximum Gasteiger partial charge on any atom is 0.222 e. The van der Waals surface area contributed by atoms with Crippen LogP contribution in [0.25, 0.3) is 0 Å². The molecule has 2 saturated carbocycles. The lowest BCUT2D eigenvalue weighted by Gasteiger charge is -2.49. The molecule has 1 spiro atoms. The fraction of sp³-hybridized carbons (Fsp3) is 0.810. The Bertz CT molecular complexity index is 681. The van der Waals surface area contributed by atoms with Gasteiger partial charge in [-0.05, 0) is 51.9 Å². The van der Waals surface area contributed by atoms with Crippen LogP contribution in [-0.2, 0) is 11.8 Å². The molecule has 0 amide bonds. The molecule has 1 aliphatic heterocycles. The van der Waals surface area contributed by atoms with Crippen LogP contribution < -0.4 is 16.0 Å². The van der Waals surface area contributed by atoms with Crippen LogP contribution in [-0.4, -0.2) is 34.6 Å². The van der Waals surface area contributed by atoms with E-state index in [1.54, 1.807) is 0 Å². The number of fused-ring (bicyclic) bond motifs is 3. The summed E-state index contributed by atoms with van der Waals surface area (Å²) in [5, 5.41) is 3.84. The molecule has 0 aromatic carbocycles. The molecule has 0 radical (unpaired) electrons. The van der Waals surface area contributed by atoms with Gasteiger partial charge in [-0.1, -0.05) is 25.7 Å². The summed E-state index contributed by atoms with van der Waals surface area (Å²) in [6.07, 6.45) is 14.2. The Kier molecular flexibility index (Phi) is 4.11. The molecule has 26 heavy (non-hydrogen) atoms. The summed E-state index contributed by atoms with van der Waals surface area (Å²) in [5.74, 6) is 1.68. The predicted molar refractivity (Wildman–Crippen MR) is 106 cm³/mol. The third-order valence-corrected chi connectivity index (χ3v) is 7.52. The van der Waals surface area contributed by atoms with Crippen molar-refractivity contribution in [3.05, 3.63) is 11.3 Å². The van der Waals surface area contributed by atoms with Crippen LogP contribution in [0.1, 0.15) is 82.4 Å². The van der Waals surface area contributed by atoms with Gasteiger partial charge in [-0.3, -0.25) is 0 Å². The number of nitrogens with zero attached hydrogens (tertiary/aromatic N) is 3. The van der Waals surface area contributed by atoms with Crippen molar-refractivity contribution in [1.82, 2.24) is 15.3 Å². The van der Waals surface area contributed by atoms with Gasteiger partial charge < -0.3 is 16.0 Å². The van der Waals surface area contributed by atoms with Crippen LogP contribution in [0.15, 0.2) is 0 Å². The van der Waals surface area contributed by atoms with Gasteiger partial charge in [0.05, 0.1) is 5.69 Å². The molecule has 5 heteroatoms. The second-order valence-corrected chi connectivity index (χ2v) is 9.25. The zero-order valence-electron chi connectivity index (χ0n) is 16.1. The van der Waals surface area contributed by atoms with Gasteiger partial charge in [-0.2, -0.15) is 4.98 Å². The molecular formula is C21H33N5. The van der Waals surface area contributed by atoms with Gasteiger partial charge in [0.15, 0.2) is 0 Å². The number of aromatic nitrogens is 2. The average Bonchev–Trinajstić information content (AvgIpc) is 3.10. The van der Waals surface area contributed by atoms with E-state index in [0.717, 1.165) is 13.0 Å². The first-order valence-electron chi connectivity index (χ1n) is 10.9. The lowest BCUT2D eigenvalue weighted by molar-refractivity contribution is 0.250. The summed E-state index contributed by atoms with van der Waals surface area (Å²) in [5.41, 5.74) is 9.33. The predicted octanol–water partition coefficient (Wildman–Crippen LogP) is 3.32. The molecule has 3 N–H and O–H groups in total. The molecule has 3 unspecified atom stereocenters. The van der Waals surface area contributed by atoms with Crippen molar-refractivity contribution in [2.45, 2.75) is 101 Å². The molecule has 142 valence electrons. The molecule has 0 bridgehead atoms. The number of piperazine rings is 1. The molecule has 1 aromatic rings. The van der Waals surface area contributed by atoms with E-state index in [-0.39, 0.29) is 0 Å². The van der Waals surface area contributed by atoms with Crippen molar-refractivity contribution in [3.8, 4) is 0 Å². The fourth-order valence-electron chi connectivity index (χ4n) is 6.43. The van der Waals surface area contributed by atoms with Gasteiger partial charge in [-0.15, -0.1) is 0 Å². The fourth-order valence-corrected chi connectivity index (χ4v) is 6.43. The molecular weight excluding hydrogens is 322 g/mol. The largest absolute Gasteiger partial charge is 0.368 e. The first-order valence-corrected chi connectivity index (χ1v) is 10.9. The smallest absolute Gasteiger partial charge is 0.222 e. The van der Waals surface area contributed by atoms with E-state index in [1.807, 2.05) is 0 Å². The number of hydrogen-bond acceptors (Lipinski definition) is 5. The molecule has 5 nitrogen and oxygen atoms in total. The number of hydrogen-bond donors (Lipinski definition) is 2. The highest BCUT2D eigenvalue weighted by molar-refractivity contribution is 5.56. The maximum absolute atomic E-state index is 6.28. The summed E-state index contributed by atoms with van der Waals surface area (Å²) in [7, 11) is 0. The summed E-state index contributed by atoms with van der Waals surface area (Å²) in [6, 6.07) is 1.67. The number of nitrogens with one attached hydrogen (secondary N) is 1. The van der Waals surface area contributed by atoms with Crippen molar-refractivity contribution >= 4 is 11.8 Å². The Morgan fingerprint density at radius 2 is 1.81 bits per heavy atom. The molecule has 5 rings (SSSR count). The summed E-state index contributed by atoms with van der Waals surface area (Å²) in [4.78, 5) is 12.3. The zero-order valence-corrected chi connectivity index (χ0v) is 16.1. The van der Waals surface area contributed by atoms with Gasteiger partial charge in [0.25, 0.3) is 0 Å². The number of nitrogen functional groups attached to an aromatic ring is 1. The van der Waals surface area contributed by atoms with Crippen molar-refractivity contribution in [1.29, 1.82) is 0 Å². The van der Waals surface area contributed by atoms with E-state index in [4.69, 9.17) is 15.7 Å². The van der Waals surface area contributed by atoms with E-state index in [2.05, 4.69) is 17.1 Å². The molecule has 4 aliphatic rings. The molecule has 1 aromatic heterocycles. The van der Waals surface area contributed by atoms with Crippen LogP contribution in [0.5, 0.6) is 0 Å². The van der Waals surface area contributed by atoms with E-state index in [9.17, 15) is 0 Å². The summed E-state index contributed by atoms with van der Waals surface area (Å²) < 4.78 is 0. The first-order chi connectivity index (χ1) is 12.7. The standard InChI is InChI=1S/C21H33N5/c1-14-13-26(17-9-3-2-8-16(17)23-14)19-15-7-6-12-21(10-4-5-11-21)18(15)24-20(22)25-19/h14,16-17,23H,2-13H2,1H3,(H2,22,24,25). The third kappa shape index (κ3) is 2.62. The van der Waals surface area contributed by atoms with E-state index in [0.29, 0.717) is 29.5 Å². The highest BCUT2D eigenvalue weighted by Gasteiger charge is 2.44. The number of nitrogens with two attached hydrogens (primary N) is 1. The minimum Gasteiger partial charge on any atom is -0.368 e. The lowest BCUT2D eigenvalue weighted by Crippen LogP contribution is -2.63. The van der Waals surface area contributed by atoms with Gasteiger partial charge in [0.1, 0.15) is 5.82 Å². The third-order valence-electron chi connectivity index (χ3n) is 7.52. The lowest BCUT2D eigenvalue weighted by atomic mass is 9.71. The van der Waals surface area contributed by atoms with Gasteiger partial charge in [0, 0.05) is 35.6 Å². The maximum atomic E-state index is 6.28. The monoisotopic (exact) mass is 355 g/mol. The Labute approximate surface area is 157 Å². The van der Waals surface area contributed by atoms with Gasteiger partial charge in [0.2, 0.25) is 5.95 Å². The van der Waals surface area contributed by atoms with Crippen LogP contribution >= 0.6 is 0 Å². The second kappa shape index (κ2) is 6.36. The Hall–Kier alpha value is -1.36. The number of anilines is 2. The second-order valence-electron chi connectivity index (χ2n) is 9.25. The normalized spacial score (nSPS) is 33.1. The molecule has 3 atom stereocenters. The molecule has 3 aliphatic carbocycles. The summed E-state index contributed by atoms with van der Waals surface area (Å²) in [6.45, 7) is 3.35. The van der Waals surface area contributed by atoms with Crippen LogP contribution in [0.4, 0.5) is 11.8 Å². The van der Waals surface area contributed by atoms with Crippen molar-refractivity contribution < 1.29 is 0 Å². The van der Waals surface area contributed by atoms with Crippen LogP contribution in [0.2, 0.25) is 0 Å².